The number of aromatic nitrogens is 2. The van der Waals surface area contributed by atoms with E-state index in [4.69, 9.17) is 0 Å². The van der Waals surface area contributed by atoms with Gasteiger partial charge >= 0.3 is 0 Å². The van der Waals surface area contributed by atoms with Gasteiger partial charge in [-0.3, -0.25) is 14.4 Å². The van der Waals surface area contributed by atoms with Crippen molar-refractivity contribution < 1.29 is 18.6 Å². The zero-order valence-corrected chi connectivity index (χ0v) is 20.9. The SMILES string of the molecule is CN(C)C(=O)c1ccc(CN(C(=O)CC(=O)c2ncccn2)c2cccc(S(=O)N(C)C)c2)cc1. The Labute approximate surface area is 207 Å². The molecule has 3 rings (SSSR count). The van der Waals surface area contributed by atoms with Crippen LogP contribution in [0.1, 0.15) is 33.0 Å². The van der Waals surface area contributed by atoms with Crippen molar-refractivity contribution in [2.45, 2.75) is 17.9 Å². The Kier molecular flexibility index (Phi) is 8.56. The fraction of sp³-hybridized carbons (Fsp3) is 0.240. The van der Waals surface area contributed by atoms with Gasteiger partial charge < -0.3 is 9.80 Å². The van der Waals surface area contributed by atoms with Gasteiger partial charge in [0.25, 0.3) is 5.91 Å². The number of benzene rings is 2. The lowest BCUT2D eigenvalue weighted by Crippen LogP contribution is -2.32. The van der Waals surface area contributed by atoms with Gasteiger partial charge in [0.1, 0.15) is 11.0 Å². The van der Waals surface area contributed by atoms with Crippen molar-refractivity contribution in [3.05, 3.63) is 83.9 Å². The molecule has 1 aromatic heterocycles. The lowest BCUT2D eigenvalue weighted by Gasteiger charge is -2.24. The number of hydrogen-bond acceptors (Lipinski definition) is 6. The first kappa shape index (κ1) is 25.9. The second kappa shape index (κ2) is 11.6. The van der Waals surface area contributed by atoms with Crippen molar-refractivity contribution in [2.24, 2.45) is 0 Å². The number of Topliss-reactive ketones (excluding diaryl/α,β-unsaturated/α-hetero) is 1. The number of rotatable bonds is 9. The molecule has 2 aromatic carbocycles. The van der Waals surface area contributed by atoms with Gasteiger partial charge in [0.05, 0.1) is 17.9 Å². The lowest BCUT2D eigenvalue weighted by molar-refractivity contribution is -0.117. The van der Waals surface area contributed by atoms with Crippen LogP contribution in [0.15, 0.2) is 71.9 Å². The van der Waals surface area contributed by atoms with Crippen LogP contribution < -0.4 is 4.90 Å². The third kappa shape index (κ3) is 6.65. The van der Waals surface area contributed by atoms with Crippen molar-refractivity contribution in [3.63, 3.8) is 0 Å². The molecular formula is C25H27N5O4S. The standard InChI is InChI=1S/C25H27N5O4S/c1-28(2)25(33)19-11-9-18(10-12-19)17-30(20-7-5-8-21(15-20)35(34)29(3)4)23(32)16-22(31)24-26-13-6-14-27-24/h5-15H,16-17H2,1-4H3. The van der Waals surface area contributed by atoms with Crippen molar-refractivity contribution in [2.75, 3.05) is 33.1 Å². The summed E-state index contributed by atoms with van der Waals surface area (Å²) in [6, 6.07) is 15.3. The molecule has 35 heavy (non-hydrogen) atoms. The summed E-state index contributed by atoms with van der Waals surface area (Å²) in [5.74, 6) is -1.11. The average Bonchev–Trinajstić information content (AvgIpc) is 2.87. The maximum Gasteiger partial charge on any atom is 0.253 e. The number of hydrogen-bond donors (Lipinski definition) is 0. The molecule has 0 radical (unpaired) electrons. The Bertz CT molecular complexity index is 1230. The molecule has 10 heteroatoms. The summed E-state index contributed by atoms with van der Waals surface area (Å²) >= 11 is 0. The number of amides is 2. The number of nitrogens with zero attached hydrogens (tertiary/aromatic N) is 5. The summed E-state index contributed by atoms with van der Waals surface area (Å²) in [6.45, 7) is 0.149. The van der Waals surface area contributed by atoms with E-state index in [-0.39, 0.29) is 18.3 Å². The summed E-state index contributed by atoms with van der Waals surface area (Å²) in [5, 5.41) is 0. The van der Waals surface area contributed by atoms with Crippen LogP contribution in [0.3, 0.4) is 0 Å². The van der Waals surface area contributed by atoms with E-state index in [1.54, 1.807) is 87.1 Å². The lowest BCUT2D eigenvalue weighted by atomic mass is 10.1. The van der Waals surface area contributed by atoms with Gasteiger partial charge in [-0.1, -0.05) is 18.2 Å². The molecule has 1 heterocycles. The summed E-state index contributed by atoms with van der Waals surface area (Å²) < 4.78 is 14.2. The molecule has 0 bridgehead atoms. The van der Waals surface area contributed by atoms with E-state index in [1.165, 1.54) is 22.2 Å². The van der Waals surface area contributed by atoms with Gasteiger partial charge in [0, 0.05) is 37.7 Å². The second-order valence-corrected chi connectivity index (χ2v) is 9.81. The van der Waals surface area contributed by atoms with E-state index in [1.807, 2.05) is 0 Å². The molecule has 1 atom stereocenters. The predicted octanol–water partition coefficient (Wildman–Crippen LogP) is 2.57. The summed E-state index contributed by atoms with van der Waals surface area (Å²) in [6.07, 6.45) is 2.46. The Balaban J connectivity index is 1.92. The number of ketones is 1. The number of carbonyl (C=O) groups is 3. The maximum absolute atomic E-state index is 13.3. The maximum atomic E-state index is 13.3. The molecule has 3 aromatic rings. The molecule has 1 unspecified atom stereocenters. The molecule has 2 amide bonds. The number of carbonyl (C=O) groups excluding carboxylic acids is 3. The van der Waals surface area contributed by atoms with Crippen molar-refractivity contribution in [1.29, 1.82) is 0 Å². The normalized spacial score (nSPS) is 11.7. The highest BCUT2D eigenvalue weighted by molar-refractivity contribution is 7.82. The zero-order valence-electron chi connectivity index (χ0n) is 20.0. The highest BCUT2D eigenvalue weighted by Crippen LogP contribution is 2.23. The van der Waals surface area contributed by atoms with Crippen LogP contribution in [0.5, 0.6) is 0 Å². The monoisotopic (exact) mass is 493 g/mol. The third-order valence-corrected chi connectivity index (χ3v) is 6.36. The molecule has 0 saturated carbocycles. The molecule has 0 aliphatic carbocycles. The van der Waals surface area contributed by atoms with Crippen LogP contribution in [-0.2, 0) is 22.3 Å². The molecule has 0 fully saturated rings. The average molecular weight is 494 g/mol. The number of anilines is 1. The fourth-order valence-electron chi connectivity index (χ4n) is 3.24. The molecule has 0 N–H and O–H groups in total. The highest BCUT2D eigenvalue weighted by Gasteiger charge is 2.23. The van der Waals surface area contributed by atoms with Crippen LogP contribution in [-0.4, -0.2) is 69.2 Å². The van der Waals surface area contributed by atoms with Crippen LogP contribution in [0.2, 0.25) is 0 Å². The molecule has 0 aliphatic heterocycles. The van der Waals surface area contributed by atoms with E-state index in [0.717, 1.165) is 5.56 Å². The topological polar surface area (TPSA) is 104 Å². The quantitative estimate of drug-likeness (QED) is 0.335. The van der Waals surface area contributed by atoms with Gasteiger partial charge in [-0.15, -0.1) is 0 Å². The minimum Gasteiger partial charge on any atom is -0.345 e. The van der Waals surface area contributed by atoms with Crippen LogP contribution >= 0.6 is 0 Å². The summed E-state index contributed by atoms with van der Waals surface area (Å²) in [5.41, 5.74) is 1.78. The first-order chi connectivity index (χ1) is 16.7. The highest BCUT2D eigenvalue weighted by atomic mass is 32.2. The van der Waals surface area contributed by atoms with Gasteiger partial charge in [-0.05, 0) is 56.1 Å². The second-order valence-electron chi connectivity index (χ2n) is 8.11. The third-order valence-electron chi connectivity index (χ3n) is 5.04. The van der Waals surface area contributed by atoms with Gasteiger partial charge in [-0.2, -0.15) is 0 Å². The smallest absolute Gasteiger partial charge is 0.253 e. The van der Waals surface area contributed by atoms with Gasteiger partial charge in [0.2, 0.25) is 11.7 Å². The zero-order chi connectivity index (χ0) is 25.5. The molecule has 182 valence electrons. The Morgan fingerprint density at radius 3 is 2.14 bits per heavy atom. The van der Waals surface area contributed by atoms with E-state index in [9.17, 15) is 18.6 Å². The molecule has 0 saturated heterocycles. The Hall–Kier alpha value is -3.76. The minimum absolute atomic E-state index is 0.0326. The molecule has 0 aliphatic rings. The van der Waals surface area contributed by atoms with E-state index >= 15 is 0 Å². The Morgan fingerprint density at radius 2 is 1.54 bits per heavy atom. The van der Waals surface area contributed by atoms with Crippen LogP contribution in [0, 0.1) is 0 Å². The Morgan fingerprint density at radius 1 is 0.886 bits per heavy atom. The van der Waals surface area contributed by atoms with Crippen molar-refractivity contribution in [3.8, 4) is 0 Å². The summed E-state index contributed by atoms with van der Waals surface area (Å²) in [4.78, 5) is 49.5. The van der Waals surface area contributed by atoms with E-state index < -0.39 is 29.1 Å². The van der Waals surface area contributed by atoms with Gasteiger partial charge in [0.15, 0.2) is 5.82 Å². The minimum atomic E-state index is -1.41. The predicted molar refractivity (Wildman–Crippen MR) is 133 cm³/mol. The first-order valence-electron chi connectivity index (χ1n) is 10.8. The van der Waals surface area contributed by atoms with Crippen LogP contribution in [0.4, 0.5) is 5.69 Å². The van der Waals surface area contributed by atoms with Crippen molar-refractivity contribution in [1.82, 2.24) is 19.2 Å². The largest absolute Gasteiger partial charge is 0.345 e. The first-order valence-corrected chi connectivity index (χ1v) is 11.9. The van der Waals surface area contributed by atoms with Crippen molar-refractivity contribution >= 4 is 34.3 Å². The molecule has 0 spiro atoms. The van der Waals surface area contributed by atoms with E-state index in [0.29, 0.717) is 16.1 Å². The molecular weight excluding hydrogens is 466 g/mol. The molecule has 9 nitrogen and oxygen atoms in total. The van der Waals surface area contributed by atoms with E-state index in [2.05, 4.69) is 9.97 Å². The summed E-state index contributed by atoms with van der Waals surface area (Å²) in [7, 11) is 5.33. The van der Waals surface area contributed by atoms with Crippen LogP contribution in [0.25, 0.3) is 0 Å². The fourth-order valence-corrected chi connectivity index (χ4v) is 4.08. The van der Waals surface area contributed by atoms with Gasteiger partial charge in [-0.25, -0.2) is 18.5 Å².